The van der Waals surface area contributed by atoms with E-state index >= 15 is 0 Å². The average molecular weight is 294 g/mol. The van der Waals surface area contributed by atoms with E-state index in [1.165, 1.54) is 23.9 Å². The van der Waals surface area contributed by atoms with Gasteiger partial charge in [-0.15, -0.1) is 0 Å². The molecule has 0 saturated heterocycles. The van der Waals surface area contributed by atoms with Crippen molar-refractivity contribution < 1.29 is 19.4 Å². The monoisotopic (exact) mass is 294 g/mol. The van der Waals surface area contributed by atoms with E-state index < -0.39 is 24.0 Å². The van der Waals surface area contributed by atoms with Crippen molar-refractivity contribution in [2.24, 2.45) is 0 Å². The Morgan fingerprint density at radius 1 is 1.05 bits per heavy atom. The van der Waals surface area contributed by atoms with Crippen LogP contribution in [0.1, 0.15) is 5.56 Å². The van der Waals surface area contributed by atoms with Crippen molar-refractivity contribution in [3.05, 3.63) is 35.9 Å². The second-order valence-electron chi connectivity index (χ2n) is 5.13. The van der Waals surface area contributed by atoms with E-state index in [1.54, 1.807) is 14.1 Å². The fraction of sp³-hybridized carbons (Fsp3) is 0.467. The zero-order valence-electron chi connectivity index (χ0n) is 12.8. The standard InChI is InChI=1S/C15H22N2O4/c1-16(2)14(19)12(18)13(15(20)17(3)4)21-10-11-8-6-5-7-9-11/h5-9,12-13,18H,10H2,1-4H3. The van der Waals surface area contributed by atoms with Gasteiger partial charge in [0, 0.05) is 28.2 Å². The van der Waals surface area contributed by atoms with E-state index in [9.17, 15) is 14.7 Å². The molecule has 1 rings (SSSR count). The zero-order chi connectivity index (χ0) is 16.0. The van der Waals surface area contributed by atoms with Crippen LogP contribution in [-0.2, 0) is 20.9 Å². The van der Waals surface area contributed by atoms with Gasteiger partial charge in [-0.25, -0.2) is 0 Å². The van der Waals surface area contributed by atoms with Crippen LogP contribution in [0.15, 0.2) is 30.3 Å². The summed E-state index contributed by atoms with van der Waals surface area (Å²) in [6.07, 6.45) is -2.76. The molecular weight excluding hydrogens is 272 g/mol. The predicted molar refractivity (Wildman–Crippen MR) is 78.4 cm³/mol. The smallest absolute Gasteiger partial charge is 0.254 e. The van der Waals surface area contributed by atoms with Crippen molar-refractivity contribution in [2.75, 3.05) is 28.2 Å². The molecule has 21 heavy (non-hydrogen) atoms. The van der Waals surface area contributed by atoms with Crippen LogP contribution < -0.4 is 0 Å². The topological polar surface area (TPSA) is 70.1 Å². The van der Waals surface area contributed by atoms with Crippen molar-refractivity contribution in [3.8, 4) is 0 Å². The second-order valence-corrected chi connectivity index (χ2v) is 5.13. The number of rotatable bonds is 6. The number of carbonyl (C=O) groups excluding carboxylic acids is 2. The number of amides is 2. The highest BCUT2D eigenvalue weighted by Gasteiger charge is 2.35. The molecule has 2 unspecified atom stereocenters. The summed E-state index contributed by atoms with van der Waals surface area (Å²) in [6, 6.07) is 9.26. The highest BCUT2D eigenvalue weighted by atomic mass is 16.5. The molecule has 6 heteroatoms. The van der Waals surface area contributed by atoms with Gasteiger partial charge in [-0.05, 0) is 5.56 Å². The Balaban J connectivity index is 2.82. The van der Waals surface area contributed by atoms with Crippen molar-refractivity contribution in [1.29, 1.82) is 0 Å². The first-order valence-corrected chi connectivity index (χ1v) is 6.60. The molecule has 0 saturated carbocycles. The Morgan fingerprint density at radius 3 is 2.05 bits per heavy atom. The number of nitrogens with zero attached hydrogens (tertiary/aromatic N) is 2. The van der Waals surface area contributed by atoms with Crippen molar-refractivity contribution in [2.45, 2.75) is 18.8 Å². The van der Waals surface area contributed by atoms with Gasteiger partial charge < -0.3 is 19.6 Å². The molecule has 0 aliphatic heterocycles. The zero-order valence-corrected chi connectivity index (χ0v) is 12.8. The predicted octanol–water partition coefficient (Wildman–Crippen LogP) is 0.109. The first kappa shape index (κ1) is 17.1. The van der Waals surface area contributed by atoms with E-state index in [-0.39, 0.29) is 6.61 Å². The number of aliphatic hydroxyl groups excluding tert-OH is 1. The first-order valence-electron chi connectivity index (χ1n) is 6.60. The second kappa shape index (κ2) is 7.75. The number of benzene rings is 1. The van der Waals surface area contributed by atoms with Crippen molar-refractivity contribution in [1.82, 2.24) is 9.80 Å². The molecule has 0 heterocycles. The third-order valence-electron chi connectivity index (χ3n) is 2.94. The summed E-state index contributed by atoms with van der Waals surface area (Å²) in [4.78, 5) is 26.5. The highest BCUT2D eigenvalue weighted by molar-refractivity contribution is 5.90. The lowest BCUT2D eigenvalue weighted by atomic mass is 10.1. The fourth-order valence-electron chi connectivity index (χ4n) is 1.71. The normalized spacial score (nSPS) is 13.4. The molecule has 0 spiro atoms. The maximum absolute atomic E-state index is 12.1. The SMILES string of the molecule is CN(C)C(=O)C(O)C(OCc1ccccc1)C(=O)N(C)C. The molecule has 0 aliphatic rings. The van der Waals surface area contributed by atoms with Gasteiger partial charge in [0.1, 0.15) is 0 Å². The fourth-order valence-corrected chi connectivity index (χ4v) is 1.71. The van der Waals surface area contributed by atoms with Crippen LogP contribution >= 0.6 is 0 Å². The molecule has 0 aromatic heterocycles. The molecule has 1 aromatic rings. The minimum absolute atomic E-state index is 0.142. The van der Waals surface area contributed by atoms with Crippen LogP contribution in [-0.4, -0.2) is 67.1 Å². The van der Waals surface area contributed by atoms with Gasteiger partial charge in [0.25, 0.3) is 11.8 Å². The molecule has 2 amide bonds. The van der Waals surface area contributed by atoms with Gasteiger partial charge in [-0.2, -0.15) is 0 Å². The number of aliphatic hydroxyl groups is 1. The lowest BCUT2D eigenvalue weighted by Crippen LogP contribution is -2.50. The largest absolute Gasteiger partial charge is 0.380 e. The summed E-state index contributed by atoms with van der Waals surface area (Å²) in [5.74, 6) is -1.02. The first-order chi connectivity index (χ1) is 9.84. The van der Waals surface area contributed by atoms with Gasteiger partial charge in [0.15, 0.2) is 12.2 Å². The lowest BCUT2D eigenvalue weighted by Gasteiger charge is -2.26. The third-order valence-corrected chi connectivity index (χ3v) is 2.94. The Hall–Kier alpha value is -1.92. The quantitative estimate of drug-likeness (QED) is 0.808. The van der Waals surface area contributed by atoms with Gasteiger partial charge in [-0.3, -0.25) is 9.59 Å². The molecule has 2 atom stereocenters. The van der Waals surface area contributed by atoms with Crippen LogP contribution in [0.5, 0.6) is 0 Å². The van der Waals surface area contributed by atoms with Gasteiger partial charge in [-0.1, -0.05) is 30.3 Å². The highest BCUT2D eigenvalue weighted by Crippen LogP contribution is 2.10. The van der Waals surface area contributed by atoms with Crippen LogP contribution in [0.4, 0.5) is 0 Å². The van der Waals surface area contributed by atoms with Crippen LogP contribution in [0.2, 0.25) is 0 Å². The summed E-state index contributed by atoms with van der Waals surface area (Å²) in [6.45, 7) is 0.142. The molecule has 6 nitrogen and oxygen atoms in total. The van der Waals surface area contributed by atoms with E-state index in [2.05, 4.69) is 0 Å². The average Bonchev–Trinajstić information content (AvgIpc) is 2.46. The molecular formula is C15H22N2O4. The molecule has 0 aliphatic carbocycles. The Labute approximate surface area is 124 Å². The van der Waals surface area contributed by atoms with E-state index in [0.717, 1.165) is 5.56 Å². The van der Waals surface area contributed by atoms with E-state index in [0.29, 0.717) is 0 Å². The van der Waals surface area contributed by atoms with E-state index in [4.69, 9.17) is 4.74 Å². The van der Waals surface area contributed by atoms with Gasteiger partial charge in [0.05, 0.1) is 6.61 Å². The summed E-state index contributed by atoms with van der Waals surface area (Å²) in [5, 5.41) is 10.1. The van der Waals surface area contributed by atoms with Crippen LogP contribution in [0.25, 0.3) is 0 Å². The molecule has 0 radical (unpaired) electrons. The van der Waals surface area contributed by atoms with Crippen LogP contribution in [0, 0.1) is 0 Å². The molecule has 116 valence electrons. The number of ether oxygens (including phenoxy) is 1. The number of carbonyl (C=O) groups is 2. The van der Waals surface area contributed by atoms with Crippen molar-refractivity contribution in [3.63, 3.8) is 0 Å². The molecule has 1 N–H and O–H groups in total. The summed E-state index contributed by atoms with van der Waals surface area (Å²) in [5.41, 5.74) is 0.860. The Morgan fingerprint density at radius 2 is 1.57 bits per heavy atom. The summed E-state index contributed by atoms with van der Waals surface area (Å²) >= 11 is 0. The Bertz CT molecular complexity index is 474. The minimum atomic E-state index is -1.53. The summed E-state index contributed by atoms with van der Waals surface area (Å²) < 4.78 is 5.50. The molecule has 1 aromatic carbocycles. The summed E-state index contributed by atoms with van der Waals surface area (Å²) in [7, 11) is 6.13. The maximum Gasteiger partial charge on any atom is 0.254 e. The number of hydrogen-bond acceptors (Lipinski definition) is 4. The number of hydrogen-bond donors (Lipinski definition) is 1. The third kappa shape index (κ3) is 4.84. The lowest BCUT2D eigenvalue weighted by molar-refractivity contribution is -0.161. The van der Waals surface area contributed by atoms with E-state index in [1.807, 2.05) is 30.3 Å². The van der Waals surface area contributed by atoms with Crippen molar-refractivity contribution >= 4 is 11.8 Å². The van der Waals surface area contributed by atoms with Gasteiger partial charge in [0.2, 0.25) is 0 Å². The van der Waals surface area contributed by atoms with Crippen LogP contribution in [0.3, 0.4) is 0 Å². The van der Waals surface area contributed by atoms with Gasteiger partial charge >= 0.3 is 0 Å². The molecule has 0 fully saturated rings. The maximum atomic E-state index is 12.1. The number of likely N-dealkylation sites (N-methyl/N-ethyl adjacent to an activating group) is 2. The molecule has 0 bridgehead atoms. The Kier molecular flexibility index (Phi) is 6.33. The minimum Gasteiger partial charge on any atom is -0.380 e.